The van der Waals surface area contributed by atoms with Gasteiger partial charge in [0.25, 0.3) is 5.91 Å². The summed E-state index contributed by atoms with van der Waals surface area (Å²) in [7, 11) is 0. The Hall–Kier alpha value is -3.06. The van der Waals surface area contributed by atoms with Gasteiger partial charge in [0.15, 0.2) is 12.2 Å². The number of fused-ring (bicyclic) bond motifs is 1. The minimum absolute atomic E-state index is 0.0859. The smallest absolute Gasteiger partial charge is 0.253 e. The topological polar surface area (TPSA) is 52.8 Å². The lowest BCUT2D eigenvalue weighted by atomic mass is 10.1. The Labute approximate surface area is 180 Å². The van der Waals surface area contributed by atoms with Crippen LogP contribution in [-0.4, -0.2) is 58.3 Å². The van der Waals surface area contributed by atoms with Crippen LogP contribution in [0.25, 0.3) is 17.0 Å². The van der Waals surface area contributed by atoms with E-state index in [0.29, 0.717) is 11.3 Å². The van der Waals surface area contributed by atoms with E-state index in [1.807, 2.05) is 40.5 Å². The molecule has 1 fully saturated rings. The van der Waals surface area contributed by atoms with Gasteiger partial charge in [0.05, 0.1) is 18.4 Å². The standard InChI is InChI=1S/C23H24N4O2S/c1-2-25-14-20(19-7-12-30-22(19)15-25)26-8-10-27(11-9-26)23(28)18-5-3-17(4-6-18)21-13-24-16-29-21/h3-7,12-14,16H,2,8-11,15H2,1H3. The Morgan fingerprint density at radius 1 is 1.13 bits per heavy atom. The van der Waals surface area contributed by atoms with Gasteiger partial charge in [0.2, 0.25) is 0 Å². The van der Waals surface area contributed by atoms with E-state index in [2.05, 4.69) is 39.4 Å². The molecule has 0 aliphatic carbocycles. The summed E-state index contributed by atoms with van der Waals surface area (Å²) in [4.78, 5) is 25.1. The van der Waals surface area contributed by atoms with Crippen LogP contribution in [0.1, 0.15) is 27.7 Å². The first-order valence-corrected chi connectivity index (χ1v) is 11.2. The maximum Gasteiger partial charge on any atom is 0.253 e. The molecule has 6 nitrogen and oxygen atoms in total. The van der Waals surface area contributed by atoms with Crippen LogP contribution in [0.4, 0.5) is 0 Å². The summed E-state index contributed by atoms with van der Waals surface area (Å²) < 4.78 is 5.32. The van der Waals surface area contributed by atoms with Gasteiger partial charge in [0, 0.05) is 60.5 Å². The maximum atomic E-state index is 13.0. The van der Waals surface area contributed by atoms with Gasteiger partial charge in [-0.05, 0) is 30.5 Å². The molecule has 2 aliphatic heterocycles. The van der Waals surface area contributed by atoms with Crippen molar-refractivity contribution in [3.63, 3.8) is 0 Å². The van der Waals surface area contributed by atoms with Crippen molar-refractivity contribution in [2.75, 3.05) is 32.7 Å². The van der Waals surface area contributed by atoms with Crippen molar-refractivity contribution in [3.8, 4) is 11.3 Å². The molecule has 0 spiro atoms. The molecule has 0 N–H and O–H groups in total. The van der Waals surface area contributed by atoms with Crippen LogP contribution >= 0.6 is 11.3 Å². The van der Waals surface area contributed by atoms with Crippen molar-refractivity contribution in [3.05, 3.63) is 70.5 Å². The van der Waals surface area contributed by atoms with Gasteiger partial charge in [-0.2, -0.15) is 0 Å². The lowest BCUT2D eigenvalue weighted by molar-refractivity contribution is 0.0685. The second-order valence-electron chi connectivity index (χ2n) is 7.56. The summed E-state index contributed by atoms with van der Waals surface area (Å²) in [6.45, 7) is 7.34. The first-order valence-electron chi connectivity index (χ1n) is 10.3. The lowest BCUT2D eigenvalue weighted by Crippen LogP contribution is -2.48. The second-order valence-corrected chi connectivity index (χ2v) is 8.56. The highest BCUT2D eigenvalue weighted by Gasteiger charge is 2.27. The Morgan fingerprint density at radius 2 is 1.93 bits per heavy atom. The highest BCUT2D eigenvalue weighted by molar-refractivity contribution is 7.10. The van der Waals surface area contributed by atoms with Crippen LogP contribution in [0.2, 0.25) is 0 Å². The fraction of sp³-hybridized carbons (Fsp3) is 0.304. The average molecular weight is 421 g/mol. The van der Waals surface area contributed by atoms with Gasteiger partial charge in [-0.3, -0.25) is 4.79 Å². The van der Waals surface area contributed by atoms with Crippen LogP contribution in [0.5, 0.6) is 0 Å². The van der Waals surface area contributed by atoms with E-state index in [0.717, 1.165) is 44.8 Å². The minimum Gasteiger partial charge on any atom is -0.444 e. The summed E-state index contributed by atoms with van der Waals surface area (Å²) in [5, 5.41) is 2.18. The molecule has 0 saturated carbocycles. The zero-order valence-corrected chi connectivity index (χ0v) is 17.8. The summed E-state index contributed by atoms with van der Waals surface area (Å²) in [6.07, 6.45) is 5.37. The molecule has 0 atom stereocenters. The fourth-order valence-electron chi connectivity index (χ4n) is 4.09. The van der Waals surface area contributed by atoms with Crippen molar-refractivity contribution >= 4 is 22.9 Å². The van der Waals surface area contributed by atoms with Crippen LogP contribution < -0.4 is 0 Å². The molecule has 0 unspecified atom stereocenters. The molecular weight excluding hydrogens is 396 g/mol. The first-order chi connectivity index (χ1) is 14.7. The van der Waals surface area contributed by atoms with Crippen molar-refractivity contribution < 1.29 is 9.21 Å². The summed E-state index contributed by atoms with van der Waals surface area (Å²) in [6, 6.07) is 9.79. The summed E-state index contributed by atoms with van der Waals surface area (Å²) in [5.74, 6) is 0.792. The van der Waals surface area contributed by atoms with Crippen LogP contribution in [0.15, 0.2) is 58.9 Å². The molecule has 154 valence electrons. The van der Waals surface area contributed by atoms with E-state index in [1.165, 1.54) is 22.5 Å². The van der Waals surface area contributed by atoms with Gasteiger partial charge < -0.3 is 19.1 Å². The van der Waals surface area contributed by atoms with E-state index in [4.69, 9.17) is 4.42 Å². The Bertz CT molecular complexity index is 1050. The third-order valence-electron chi connectivity index (χ3n) is 5.84. The van der Waals surface area contributed by atoms with E-state index in [9.17, 15) is 4.79 Å². The largest absolute Gasteiger partial charge is 0.444 e. The highest BCUT2D eigenvalue weighted by Crippen LogP contribution is 2.33. The average Bonchev–Trinajstić information content (AvgIpc) is 3.50. The second kappa shape index (κ2) is 7.99. The third-order valence-corrected chi connectivity index (χ3v) is 6.74. The Morgan fingerprint density at radius 3 is 2.63 bits per heavy atom. The number of benzene rings is 1. The number of nitrogens with zero attached hydrogens (tertiary/aromatic N) is 4. The summed E-state index contributed by atoms with van der Waals surface area (Å²) >= 11 is 1.83. The SMILES string of the molecule is CCN1C=C(N2CCN(C(=O)c3ccc(-c4cnco4)cc3)CC2)c2ccsc2C1. The lowest BCUT2D eigenvalue weighted by Gasteiger charge is -2.39. The molecule has 7 heteroatoms. The highest BCUT2D eigenvalue weighted by atomic mass is 32.1. The molecule has 3 aromatic rings. The molecule has 4 heterocycles. The third kappa shape index (κ3) is 3.50. The Kier molecular flexibility index (Phi) is 5.04. The fourth-order valence-corrected chi connectivity index (χ4v) is 5.00. The molecule has 1 aromatic carbocycles. The number of hydrogen-bond donors (Lipinski definition) is 0. The predicted octanol–water partition coefficient (Wildman–Crippen LogP) is 4.00. The zero-order chi connectivity index (χ0) is 20.5. The monoisotopic (exact) mass is 420 g/mol. The molecular formula is C23H24N4O2S. The number of piperazine rings is 1. The Balaban J connectivity index is 1.26. The van der Waals surface area contributed by atoms with Crippen molar-refractivity contribution in [1.82, 2.24) is 19.7 Å². The molecule has 2 aliphatic rings. The van der Waals surface area contributed by atoms with Crippen LogP contribution in [0, 0.1) is 0 Å². The molecule has 0 radical (unpaired) electrons. The van der Waals surface area contributed by atoms with E-state index < -0.39 is 0 Å². The maximum absolute atomic E-state index is 13.0. The van der Waals surface area contributed by atoms with Crippen LogP contribution in [-0.2, 0) is 6.54 Å². The first kappa shape index (κ1) is 18.9. The molecule has 30 heavy (non-hydrogen) atoms. The predicted molar refractivity (Wildman–Crippen MR) is 118 cm³/mol. The number of aromatic nitrogens is 1. The quantitative estimate of drug-likeness (QED) is 0.639. The number of rotatable bonds is 4. The normalized spacial score (nSPS) is 16.4. The van der Waals surface area contributed by atoms with Gasteiger partial charge in [-0.25, -0.2) is 4.98 Å². The molecule has 1 saturated heterocycles. The number of thiophene rings is 1. The minimum atomic E-state index is 0.0859. The zero-order valence-electron chi connectivity index (χ0n) is 17.0. The number of carbonyl (C=O) groups is 1. The van der Waals surface area contributed by atoms with Crippen molar-refractivity contribution in [2.45, 2.75) is 13.5 Å². The van der Waals surface area contributed by atoms with Gasteiger partial charge in [-0.15, -0.1) is 11.3 Å². The van der Waals surface area contributed by atoms with E-state index in [1.54, 1.807) is 6.20 Å². The molecule has 2 aromatic heterocycles. The van der Waals surface area contributed by atoms with Crippen molar-refractivity contribution in [1.29, 1.82) is 0 Å². The van der Waals surface area contributed by atoms with Gasteiger partial charge in [0.1, 0.15) is 0 Å². The van der Waals surface area contributed by atoms with Gasteiger partial charge in [-0.1, -0.05) is 12.1 Å². The van der Waals surface area contributed by atoms with Crippen LogP contribution in [0.3, 0.4) is 0 Å². The van der Waals surface area contributed by atoms with E-state index >= 15 is 0 Å². The van der Waals surface area contributed by atoms with Crippen molar-refractivity contribution in [2.24, 2.45) is 0 Å². The number of amides is 1. The molecule has 5 rings (SSSR count). The number of carbonyl (C=O) groups excluding carboxylic acids is 1. The number of hydrogen-bond acceptors (Lipinski definition) is 6. The summed E-state index contributed by atoms with van der Waals surface area (Å²) in [5.41, 5.74) is 4.28. The van der Waals surface area contributed by atoms with E-state index in [-0.39, 0.29) is 5.91 Å². The molecule has 1 amide bonds. The molecule has 0 bridgehead atoms. The van der Waals surface area contributed by atoms with Gasteiger partial charge >= 0.3 is 0 Å². The number of oxazole rings is 1.